The Bertz CT molecular complexity index is 642. The van der Waals surface area contributed by atoms with Crippen LogP contribution in [0.15, 0.2) is 48.5 Å². The highest BCUT2D eigenvalue weighted by Crippen LogP contribution is 2.35. The molecule has 1 aliphatic rings. The van der Waals surface area contributed by atoms with E-state index < -0.39 is 0 Å². The van der Waals surface area contributed by atoms with Crippen molar-refractivity contribution in [1.82, 2.24) is 0 Å². The third kappa shape index (κ3) is 2.91. The predicted molar refractivity (Wildman–Crippen MR) is 77.9 cm³/mol. The third-order valence-electron chi connectivity index (χ3n) is 3.22. The zero-order valence-corrected chi connectivity index (χ0v) is 11.6. The molecule has 0 N–H and O–H groups in total. The molecule has 0 aliphatic carbocycles. The number of carbonyl (C=O) groups is 1. The quantitative estimate of drug-likeness (QED) is 0.865. The monoisotopic (exact) mass is 285 g/mol. The molecule has 5 heteroatoms. The molecule has 0 saturated carbocycles. The summed E-state index contributed by atoms with van der Waals surface area (Å²) >= 11 is 0. The van der Waals surface area contributed by atoms with Crippen LogP contribution in [0.4, 0.5) is 5.69 Å². The van der Waals surface area contributed by atoms with E-state index in [1.165, 1.54) is 0 Å². The number of para-hydroxylation sites is 1. The van der Waals surface area contributed by atoms with Crippen molar-refractivity contribution in [2.24, 2.45) is 0 Å². The lowest BCUT2D eigenvalue weighted by atomic mass is 10.3. The first-order chi connectivity index (χ1) is 10.2. The van der Waals surface area contributed by atoms with Crippen molar-refractivity contribution >= 4 is 11.6 Å². The molecule has 0 spiro atoms. The van der Waals surface area contributed by atoms with E-state index in [0.717, 1.165) is 5.69 Å². The summed E-state index contributed by atoms with van der Waals surface area (Å²) in [6.45, 7) is 0.180. The maximum Gasteiger partial charge on any atom is 0.264 e. The summed E-state index contributed by atoms with van der Waals surface area (Å²) in [7, 11) is 1.72. The van der Waals surface area contributed by atoms with Gasteiger partial charge in [-0.3, -0.25) is 4.79 Å². The first kappa shape index (κ1) is 13.3. The van der Waals surface area contributed by atoms with E-state index in [2.05, 4.69) is 0 Å². The summed E-state index contributed by atoms with van der Waals surface area (Å²) < 4.78 is 16.0. The van der Waals surface area contributed by atoms with E-state index in [4.69, 9.17) is 14.2 Å². The molecule has 0 bridgehead atoms. The molecule has 1 aliphatic heterocycles. The molecule has 1 heterocycles. The highest BCUT2D eigenvalue weighted by Gasteiger charge is 2.15. The molecule has 2 aromatic rings. The summed E-state index contributed by atoms with van der Waals surface area (Å²) in [5.74, 6) is 1.78. The number of fused-ring (bicyclic) bond motifs is 1. The normalized spacial score (nSPS) is 12.0. The lowest BCUT2D eigenvalue weighted by Gasteiger charge is -2.17. The average molecular weight is 285 g/mol. The van der Waals surface area contributed by atoms with E-state index in [-0.39, 0.29) is 19.3 Å². The van der Waals surface area contributed by atoms with Crippen LogP contribution < -0.4 is 19.1 Å². The van der Waals surface area contributed by atoms with Crippen LogP contribution in [0.5, 0.6) is 17.2 Å². The topological polar surface area (TPSA) is 48.0 Å². The van der Waals surface area contributed by atoms with Crippen molar-refractivity contribution in [3.05, 3.63) is 48.5 Å². The molecular weight excluding hydrogens is 270 g/mol. The van der Waals surface area contributed by atoms with Gasteiger partial charge in [-0.1, -0.05) is 18.2 Å². The van der Waals surface area contributed by atoms with Gasteiger partial charge in [0.15, 0.2) is 18.1 Å². The number of rotatable bonds is 4. The predicted octanol–water partition coefficient (Wildman–Crippen LogP) is 2.46. The molecule has 108 valence electrons. The Morgan fingerprint density at radius 3 is 2.71 bits per heavy atom. The third-order valence-corrected chi connectivity index (χ3v) is 3.22. The van der Waals surface area contributed by atoms with Crippen LogP contribution in [0.1, 0.15) is 0 Å². The average Bonchev–Trinajstić information content (AvgIpc) is 3.00. The van der Waals surface area contributed by atoms with Crippen LogP contribution in [0.25, 0.3) is 0 Å². The molecular formula is C16H15NO4. The number of hydrogen-bond donors (Lipinski definition) is 0. The van der Waals surface area contributed by atoms with E-state index in [1.807, 2.05) is 30.3 Å². The Labute approximate surface area is 122 Å². The Morgan fingerprint density at radius 2 is 1.90 bits per heavy atom. The van der Waals surface area contributed by atoms with Crippen LogP contribution in [-0.2, 0) is 4.79 Å². The summed E-state index contributed by atoms with van der Waals surface area (Å²) in [5.41, 5.74) is 0.830. The van der Waals surface area contributed by atoms with Gasteiger partial charge in [0, 0.05) is 18.8 Å². The summed E-state index contributed by atoms with van der Waals surface area (Å²) in [6.07, 6.45) is 0. The Balaban J connectivity index is 1.61. The lowest BCUT2D eigenvalue weighted by molar-refractivity contribution is -0.120. The minimum Gasteiger partial charge on any atom is -0.484 e. The molecule has 0 atom stereocenters. The van der Waals surface area contributed by atoms with E-state index in [1.54, 1.807) is 30.1 Å². The number of hydrogen-bond acceptors (Lipinski definition) is 4. The number of likely N-dealkylation sites (N-methyl/N-ethyl adjacent to an activating group) is 1. The molecule has 5 nitrogen and oxygen atoms in total. The SMILES string of the molecule is CN(C(=O)COc1ccc2c(c1)OCO2)c1ccccc1. The molecule has 2 aromatic carbocycles. The fraction of sp³-hybridized carbons (Fsp3) is 0.188. The van der Waals surface area contributed by atoms with Gasteiger partial charge in [-0.15, -0.1) is 0 Å². The second kappa shape index (κ2) is 5.75. The standard InChI is InChI=1S/C16H15NO4/c1-17(12-5-3-2-4-6-12)16(18)10-19-13-7-8-14-15(9-13)21-11-20-14/h2-9H,10-11H2,1H3. The van der Waals surface area contributed by atoms with Crippen LogP contribution in [0.3, 0.4) is 0 Å². The number of ether oxygens (including phenoxy) is 3. The van der Waals surface area contributed by atoms with Gasteiger partial charge in [-0.05, 0) is 24.3 Å². The van der Waals surface area contributed by atoms with Crippen LogP contribution in [0.2, 0.25) is 0 Å². The fourth-order valence-electron chi connectivity index (χ4n) is 2.00. The zero-order chi connectivity index (χ0) is 14.7. The first-order valence-corrected chi connectivity index (χ1v) is 6.58. The summed E-state index contributed by atoms with van der Waals surface area (Å²) in [4.78, 5) is 13.7. The molecule has 0 saturated heterocycles. The number of anilines is 1. The summed E-state index contributed by atoms with van der Waals surface area (Å²) in [5, 5.41) is 0. The number of nitrogens with zero attached hydrogens (tertiary/aromatic N) is 1. The Morgan fingerprint density at radius 1 is 1.14 bits per heavy atom. The largest absolute Gasteiger partial charge is 0.484 e. The van der Waals surface area contributed by atoms with Crippen molar-refractivity contribution in [3.8, 4) is 17.2 Å². The maximum atomic E-state index is 12.1. The highest BCUT2D eigenvalue weighted by atomic mass is 16.7. The van der Waals surface area contributed by atoms with Crippen molar-refractivity contribution < 1.29 is 19.0 Å². The van der Waals surface area contributed by atoms with Gasteiger partial charge in [0.25, 0.3) is 5.91 Å². The second-order valence-corrected chi connectivity index (χ2v) is 4.59. The van der Waals surface area contributed by atoms with E-state index in [0.29, 0.717) is 17.2 Å². The molecule has 3 rings (SSSR count). The molecule has 0 radical (unpaired) electrons. The molecule has 21 heavy (non-hydrogen) atoms. The zero-order valence-electron chi connectivity index (χ0n) is 11.6. The smallest absolute Gasteiger partial charge is 0.264 e. The van der Waals surface area contributed by atoms with Gasteiger partial charge >= 0.3 is 0 Å². The van der Waals surface area contributed by atoms with Gasteiger partial charge in [0.2, 0.25) is 6.79 Å². The van der Waals surface area contributed by atoms with Crippen LogP contribution in [0, 0.1) is 0 Å². The number of carbonyl (C=O) groups excluding carboxylic acids is 1. The van der Waals surface area contributed by atoms with Gasteiger partial charge in [0.1, 0.15) is 5.75 Å². The number of amides is 1. The van der Waals surface area contributed by atoms with E-state index in [9.17, 15) is 4.79 Å². The summed E-state index contributed by atoms with van der Waals surface area (Å²) in [6, 6.07) is 14.7. The highest BCUT2D eigenvalue weighted by molar-refractivity contribution is 5.93. The molecule has 1 amide bonds. The molecule has 0 unspecified atom stereocenters. The molecule has 0 aromatic heterocycles. The van der Waals surface area contributed by atoms with Crippen molar-refractivity contribution in [2.45, 2.75) is 0 Å². The van der Waals surface area contributed by atoms with Crippen molar-refractivity contribution in [1.29, 1.82) is 0 Å². The first-order valence-electron chi connectivity index (χ1n) is 6.58. The van der Waals surface area contributed by atoms with E-state index >= 15 is 0 Å². The van der Waals surface area contributed by atoms with Crippen molar-refractivity contribution in [3.63, 3.8) is 0 Å². The van der Waals surface area contributed by atoms with Crippen LogP contribution in [-0.4, -0.2) is 26.4 Å². The van der Waals surface area contributed by atoms with Crippen LogP contribution >= 0.6 is 0 Å². The lowest BCUT2D eigenvalue weighted by Crippen LogP contribution is -2.31. The minimum absolute atomic E-state index is 0.0367. The minimum atomic E-state index is -0.126. The van der Waals surface area contributed by atoms with Crippen molar-refractivity contribution in [2.75, 3.05) is 25.3 Å². The Kier molecular flexibility index (Phi) is 3.64. The maximum absolute atomic E-state index is 12.1. The number of benzene rings is 2. The second-order valence-electron chi connectivity index (χ2n) is 4.59. The Hall–Kier alpha value is -2.69. The van der Waals surface area contributed by atoms with Gasteiger partial charge in [-0.2, -0.15) is 0 Å². The molecule has 0 fully saturated rings. The van der Waals surface area contributed by atoms with Gasteiger partial charge < -0.3 is 19.1 Å². The van der Waals surface area contributed by atoms with Gasteiger partial charge in [-0.25, -0.2) is 0 Å². The fourth-order valence-corrected chi connectivity index (χ4v) is 2.00. The van der Waals surface area contributed by atoms with Gasteiger partial charge in [0.05, 0.1) is 0 Å².